The maximum absolute atomic E-state index is 4.84. The third-order valence-corrected chi connectivity index (χ3v) is 8.40. The third-order valence-electron chi connectivity index (χ3n) is 8.40. The van der Waals surface area contributed by atoms with E-state index in [4.69, 9.17) is 9.97 Å². The first kappa shape index (κ1) is 18.1. The normalized spacial score (nSPS) is 14.9. The van der Waals surface area contributed by atoms with Crippen molar-refractivity contribution in [1.82, 2.24) is 9.97 Å². The Morgan fingerprint density at radius 2 is 1.20 bits per heavy atom. The van der Waals surface area contributed by atoms with E-state index >= 15 is 0 Å². The Balaban J connectivity index is 1.34. The van der Waals surface area contributed by atoms with Crippen LogP contribution >= 0.6 is 0 Å². The molecule has 0 N–H and O–H groups in total. The van der Waals surface area contributed by atoms with E-state index < -0.39 is 0 Å². The summed E-state index contributed by atoms with van der Waals surface area (Å²) in [5.41, 5.74) is 18.4. The number of pyridine rings is 2. The summed E-state index contributed by atoms with van der Waals surface area (Å²) in [6.45, 7) is 0. The molecule has 3 heteroatoms. The van der Waals surface area contributed by atoms with Gasteiger partial charge in [0.05, 0.1) is 5.69 Å². The second-order valence-electron chi connectivity index (χ2n) is 10.2. The number of aromatic nitrogens is 2. The molecule has 0 saturated carbocycles. The SMILES string of the molecule is c1ccc2c(c1)Cc1ccc3c(c1-2)Cc1cc2c4c(c1-3)Cc1cccnc1N4c1ncccc1C2. The molecule has 3 nitrogen and oxygen atoms in total. The largest absolute Gasteiger partial charge is 0.278 e. The molecule has 0 spiro atoms. The van der Waals surface area contributed by atoms with Gasteiger partial charge in [0.25, 0.3) is 0 Å². The van der Waals surface area contributed by atoms with Crippen molar-refractivity contribution in [3.8, 4) is 22.3 Å². The second-order valence-corrected chi connectivity index (χ2v) is 10.2. The zero-order chi connectivity index (χ0) is 22.7. The van der Waals surface area contributed by atoms with Gasteiger partial charge in [0.1, 0.15) is 11.6 Å². The minimum absolute atomic E-state index is 0.917. The molecule has 0 saturated heterocycles. The van der Waals surface area contributed by atoms with E-state index in [-0.39, 0.29) is 0 Å². The van der Waals surface area contributed by atoms with Crippen molar-refractivity contribution in [2.45, 2.75) is 25.7 Å². The lowest BCUT2D eigenvalue weighted by Crippen LogP contribution is -2.27. The third kappa shape index (κ3) is 2.21. The zero-order valence-corrected chi connectivity index (χ0v) is 19.2. The molecule has 0 radical (unpaired) electrons. The van der Waals surface area contributed by atoms with Crippen LogP contribution in [0.4, 0.5) is 17.3 Å². The number of benzene rings is 3. The molecule has 0 bridgehead atoms. The van der Waals surface area contributed by atoms with Crippen molar-refractivity contribution < 1.29 is 0 Å². The Bertz CT molecular complexity index is 1750. The maximum atomic E-state index is 4.84. The first-order valence-corrected chi connectivity index (χ1v) is 12.4. The van der Waals surface area contributed by atoms with Crippen LogP contribution in [0.15, 0.2) is 79.1 Å². The first-order valence-electron chi connectivity index (χ1n) is 12.4. The monoisotopic (exact) mass is 447 g/mol. The van der Waals surface area contributed by atoms with Crippen LogP contribution in [0.2, 0.25) is 0 Å². The van der Waals surface area contributed by atoms with Gasteiger partial charge in [-0.2, -0.15) is 0 Å². The minimum Gasteiger partial charge on any atom is -0.278 e. The molecule has 5 aromatic rings. The highest BCUT2D eigenvalue weighted by Crippen LogP contribution is 2.56. The molecule has 0 amide bonds. The van der Waals surface area contributed by atoms with Crippen LogP contribution in [0.5, 0.6) is 0 Å². The molecular weight excluding hydrogens is 426 g/mol. The van der Waals surface area contributed by atoms with Crippen LogP contribution in [-0.4, -0.2) is 9.97 Å². The van der Waals surface area contributed by atoms with Crippen molar-refractivity contribution in [3.63, 3.8) is 0 Å². The van der Waals surface area contributed by atoms with Gasteiger partial charge in [-0.1, -0.05) is 54.6 Å². The molecule has 2 aromatic heterocycles. The van der Waals surface area contributed by atoms with E-state index in [1.54, 1.807) is 0 Å². The number of hydrogen-bond donors (Lipinski definition) is 0. The summed E-state index contributed by atoms with van der Waals surface area (Å²) in [5.74, 6) is 2.06. The maximum Gasteiger partial charge on any atom is 0.142 e. The standard InChI is InChI=1S/C32H21N3/c1-2-8-24-18(5-1)13-19-9-10-25-26(28(19)24)17-22-15-23-14-20-6-3-11-33-31(20)35-30(23)27(29(22)25)16-21-7-4-12-34-32(21)35/h1-12,15H,13-14,16-17H2. The van der Waals surface area contributed by atoms with Crippen molar-refractivity contribution in [3.05, 3.63) is 124 Å². The van der Waals surface area contributed by atoms with Gasteiger partial charge in [0.15, 0.2) is 0 Å². The molecule has 0 atom stereocenters. The smallest absolute Gasteiger partial charge is 0.142 e. The number of anilines is 3. The van der Waals surface area contributed by atoms with Gasteiger partial charge in [-0.05, 0) is 91.7 Å². The average molecular weight is 448 g/mol. The summed E-state index contributed by atoms with van der Waals surface area (Å²) in [7, 11) is 0. The van der Waals surface area contributed by atoms with Crippen LogP contribution in [0.25, 0.3) is 22.3 Å². The highest BCUT2D eigenvalue weighted by Gasteiger charge is 2.38. The molecule has 35 heavy (non-hydrogen) atoms. The molecule has 0 fully saturated rings. The highest BCUT2D eigenvalue weighted by molar-refractivity contribution is 5.97. The fourth-order valence-electron chi connectivity index (χ4n) is 7.08. The average Bonchev–Trinajstić information content (AvgIpc) is 3.46. The van der Waals surface area contributed by atoms with E-state index in [2.05, 4.69) is 71.6 Å². The highest BCUT2D eigenvalue weighted by atomic mass is 15.3. The summed E-state index contributed by atoms with van der Waals surface area (Å²) < 4.78 is 0. The Morgan fingerprint density at radius 1 is 0.514 bits per heavy atom. The Labute approximate surface area is 203 Å². The summed E-state index contributed by atoms with van der Waals surface area (Å²) in [6, 6.07) is 24.8. The molecule has 2 aliphatic carbocycles. The molecule has 164 valence electrons. The van der Waals surface area contributed by atoms with Crippen molar-refractivity contribution in [2.75, 3.05) is 4.90 Å². The van der Waals surface area contributed by atoms with E-state index in [9.17, 15) is 0 Å². The Kier molecular flexibility index (Phi) is 3.24. The Hall–Kier alpha value is -4.24. The molecular formula is C32H21N3. The van der Waals surface area contributed by atoms with Crippen LogP contribution in [0.3, 0.4) is 0 Å². The zero-order valence-electron chi connectivity index (χ0n) is 19.2. The lowest BCUT2D eigenvalue weighted by Gasteiger charge is -2.38. The van der Waals surface area contributed by atoms with Gasteiger partial charge in [-0.15, -0.1) is 0 Å². The molecule has 2 aliphatic heterocycles. The number of rotatable bonds is 0. The molecule has 0 unspecified atom stereocenters. The predicted molar refractivity (Wildman–Crippen MR) is 139 cm³/mol. The van der Waals surface area contributed by atoms with Gasteiger partial charge in [-0.3, -0.25) is 4.90 Å². The number of nitrogens with zero attached hydrogens (tertiary/aromatic N) is 3. The quantitative estimate of drug-likeness (QED) is 0.253. The lowest BCUT2D eigenvalue weighted by atomic mass is 9.83. The summed E-state index contributed by atoms with van der Waals surface area (Å²) in [4.78, 5) is 12.0. The van der Waals surface area contributed by atoms with Gasteiger partial charge >= 0.3 is 0 Å². The van der Waals surface area contributed by atoms with Gasteiger partial charge in [0.2, 0.25) is 0 Å². The van der Waals surface area contributed by atoms with Crippen LogP contribution in [-0.2, 0) is 25.7 Å². The van der Waals surface area contributed by atoms with Crippen LogP contribution < -0.4 is 4.90 Å². The molecule has 4 heterocycles. The summed E-state index contributed by atoms with van der Waals surface area (Å²) in [5, 5.41) is 0. The number of hydrogen-bond acceptors (Lipinski definition) is 3. The van der Waals surface area contributed by atoms with Gasteiger partial charge < -0.3 is 0 Å². The minimum atomic E-state index is 0.917. The lowest BCUT2D eigenvalue weighted by molar-refractivity contribution is 0.954. The molecule has 9 rings (SSSR count). The predicted octanol–water partition coefficient (Wildman–Crippen LogP) is 6.90. The topological polar surface area (TPSA) is 29.0 Å². The summed E-state index contributed by atoms with van der Waals surface area (Å²) in [6.07, 6.45) is 7.72. The van der Waals surface area contributed by atoms with E-state index in [0.717, 1.165) is 37.3 Å². The fraction of sp³-hybridized carbons (Fsp3) is 0.125. The summed E-state index contributed by atoms with van der Waals surface area (Å²) >= 11 is 0. The van der Waals surface area contributed by atoms with E-state index in [0.29, 0.717) is 0 Å². The van der Waals surface area contributed by atoms with Crippen molar-refractivity contribution in [2.24, 2.45) is 0 Å². The first-order chi connectivity index (χ1) is 17.3. The van der Waals surface area contributed by atoms with Crippen LogP contribution in [0.1, 0.15) is 44.5 Å². The van der Waals surface area contributed by atoms with E-state index in [1.807, 2.05) is 12.4 Å². The van der Waals surface area contributed by atoms with Gasteiger partial charge in [0, 0.05) is 25.2 Å². The number of fused-ring (bicyclic) bond motifs is 12. The van der Waals surface area contributed by atoms with E-state index in [1.165, 1.54) is 72.4 Å². The molecule has 3 aromatic carbocycles. The van der Waals surface area contributed by atoms with Crippen molar-refractivity contribution in [1.29, 1.82) is 0 Å². The molecule has 4 aliphatic rings. The van der Waals surface area contributed by atoms with Crippen LogP contribution in [0, 0.1) is 0 Å². The second kappa shape index (κ2) is 6.25. The van der Waals surface area contributed by atoms with Gasteiger partial charge in [-0.25, -0.2) is 9.97 Å². The Morgan fingerprint density at radius 3 is 2.06 bits per heavy atom. The fourth-order valence-corrected chi connectivity index (χ4v) is 7.08. The van der Waals surface area contributed by atoms with Crippen molar-refractivity contribution >= 4 is 17.3 Å².